The quantitative estimate of drug-likeness (QED) is 0.882. The smallest absolute Gasteiger partial charge is 0.336 e. The minimum Gasteiger partial charge on any atom is -0.478 e. The van der Waals surface area contributed by atoms with Crippen molar-refractivity contribution in [3.8, 4) is 0 Å². The molecule has 0 aliphatic heterocycles. The van der Waals surface area contributed by atoms with Crippen LogP contribution in [-0.2, 0) is 13.1 Å². The van der Waals surface area contributed by atoms with Crippen LogP contribution in [0.2, 0.25) is 0 Å². The summed E-state index contributed by atoms with van der Waals surface area (Å²) in [6, 6.07) is 6.95. The molecule has 2 aromatic rings. The molecule has 2 rings (SSSR count). The molecule has 100 valence electrons. The predicted molar refractivity (Wildman–Crippen MR) is 67.6 cm³/mol. The van der Waals surface area contributed by atoms with Crippen molar-refractivity contribution in [3.05, 3.63) is 47.1 Å². The van der Waals surface area contributed by atoms with Crippen molar-refractivity contribution < 1.29 is 14.4 Å². The van der Waals surface area contributed by atoms with E-state index in [-0.39, 0.29) is 0 Å². The van der Waals surface area contributed by atoms with Crippen molar-refractivity contribution >= 4 is 5.97 Å². The van der Waals surface area contributed by atoms with E-state index in [2.05, 4.69) is 10.1 Å². The number of carboxylic acids is 1. The van der Waals surface area contributed by atoms with Crippen LogP contribution in [0.1, 0.15) is 27.6 Å². The van der Waals surface area contributed by atoms with E-state index in [9.17, 15) is 4.79 Å². The highest BCUT2D eigenvalue weighted by atomic mass is 16.5. The lowest BCUT2D eigenvalue weighted by Gasteiger charge is -2.15. The van der Waals surface area contributed by atoms with Crippen molar-refractivity contribution in [2.24, 2.45) is 0 Å². The number of rotatable bonds is 5. The third-order valence-electron chi connectivity index (χ3n) is 2.66. The van der Waals surface area contributed by atoms with Crippen LogP contribution in [0, 0.1) is 6.92 Å². The Hall–Kier alpha value is -2.21. The van der Waals surface area contributed by atoms with Gasteiger partial charge < -0.3 is 9.63 Å². The summed E-state index contributed by atoms with van der Waals surface area (Å²) in [6.07, 6.45) is 0. The Balaban J connectivity index is 2.06. The number of hydrogen-bond donors (Lipinski definition) is 1. The number of carboxylic acid groups (broad SMARTS) is 1. The Morgan fingerprint density at radius 3 is 2.74 bits per heavy atom. The van der Waals surface area contributed by atoms with Crippen LogP contribution in [0.4, 0.5) is 0 Å². The van der Waals surface area contributed by atoms with E-state index < -0.39 is 5.97 Å². The van der Waals surface area contributed by atoms with E-state index in [0.29, 0.717) is 30.4 Å². The van der Waals surface area contributed by atoms with E-state index in [1.165, 1.54) is 0 Å². The molecule has 0 unspecified atom stereocenters. The Kier molecular flexibility index (Phi) is 3.91. The summed E-state index contributed by atoms with van der Waals surface area (Å²) >= 11 is 0. The topological polar surface area (TPSA) is 79.5 Å². The Labute approximate surface area is 110 Å². The first kappa shape index (κ1) is 13.2. The maximum Gasteiger partial charge on any atom is 0.336 e. The molecule has 0 amide bonds. The van der Waals surface area contributed by atoms with Gasteiger partial charge in [-0.2, -0.15) is 4.98 Å². The number of nitrogens with zero attached hydrogens (tertiary/aromatic N) is 3. The molecule has 19 heavy (non-hydrogen) atoms. The van der Waals surface area contributed by atoms with Gasteiger partial charge in [-0.3, -0.25) is 4.90 Å². The second-order valence-corrected chi connectivity index (χ2v) is 4.37. The molecular weight excluding hydrogens is 246 g/mol. The molecule has 1 heterocycles. The molecule has 1 aromatic carbocycles. The predicted octanol–water partition coefficient (Wildman–Crippen LogP) is 1.71. The molecule has 0 radical (unpaired) electrons. The van der Waals surface area contributed by atoms with Gasteiger partial charge in [0, 0.05) is 6.54 Å². The molecule has 6 nitrogen and oxygen atoms in total. The van der Waals surface area contributed by atoms with Gasteiger partial charge in [0.15, 0.2) is 5.82 Å². The van der Waals surface area contributed by atoms with Crippen LogP contribution < -0.4 is 0 Å². The van der Waals surface area contributed by atoms with Gasteiger partial charge in [0.05, 0.1) is 12.1 Å². The molecule has 6 heteroatoms. The van der Waals surface area contributed by atoms with Gasteiger partial charge in [-0.25, -0.2) is 4.79 Å². The minimum absolute atomic E-state index is 0.316. The van der Waals surface area contributed by atoms with Gasteiger partial charge in [0.1, 0.15) is 0 Å². The first-order chi connectivity index (χ1) is 9.06. The maximum absolute atomic E-state index is 11.1. The third-order valence-corrected chi connectivity index (χ3v) is 2.66. The zero-order valence-corrected chi connectivity index (χ0v) is 10.8. The number of aryl methyl sites for hydroxylation is 1. The summed E-state index contributed by atoms with van der Waals surface area (Å²) in [5.74, 6) is 0.194. The molecule has 0 saturated heterocycles. The second kappa shape index (κ2) is 5.62. The molecule has 0 fully saturated rings. The first-order valence-corrected chi connectivity index (χ1v) is 5.85. The third kappa shape index (κ3) is 3.38. The number of aromatic nitrogens is 2. The fourth-order valence-electron chi connectivity index (χ4n) is 1.85. The van der Waals surface area contributed by atoms with Crippen LogP contribution >= 0.6 is 0 Å². The molecule has 0 spiro atoms. The summed E-state index contributed by atoms with van der Waals surface area (Å²) in [5.41, 5.74) is 1.07. The fraction of sp³-hybridized carbons (Fsp3) is 0.308. The van der Waals surface area contributed by atoms with E-state index in [1.54, 1.807) is 25.1 Å². The van der Waals surface area contributed by atoms with Gasteiger partial charge >= 0.3 is 5.97 Å². The van der Waals surface area contributed by atoms with E-state index in [1.807, 2.05) is 18.0 Å². The zero-order valence-electron chi connectivity index (χ0n) is 10.8. The molecule has 0 atom stereocenters. The fourth-order valence-corrected chi connectivity index (χ4v) is 1.85. The van der Waals surface area contributed by atoms with Crippen LogP contribution in [0.5, 0.6) is 0 Å². The SMILES string of the molecule is Cc1noc(CN(C)Cc2ccccc2C(=O)O)n1. The van der Waals surface area contributed by atoms with Crippen molar-refractivity contribution in [2.45, 2.75) is 20.0 Å². The van der Waals surface area contributed by atoms with Crippen molar-refractivity contribution in [2.75, 3.05) is 7.05 Å². The van der Waals surface area contributed by atoms with E-state index >= 15 is 0 Å². The number of benzene rings is 1. The highest BCUT2D eigenvalue weighted by molar-refractivity contribution is 5.89. The van der Waals surface area contributed by atoms with Gasteiger partial charge in [-0.1, -0.05) is 23.4 Å². The zero-order chi connectivity index (χ0) is 13.8. The lowest BCUT2D eigenvalue weighted by molar-refractivity contribution is 0.0694. The Morgan fingerprint density at radius 2 is 2.11 bits per heavy atom. The summed E-state index contributed by atoms with van der Waals surface area (Å²) in [6.45, 7) is 2.74. The molecule has 0 aliphatic carbocycles. The van der Waals surface area contributed by atoms with Crippen molar-refractivity contribution in [1.29, 1.82) is 0 Å². The second-order valence-electron chi connectivity index (χ2n) is 4.37. The van der Waals surface area contributed by atoms with E-state index in [4.69, 9.17) is 9.63 Å². The van der Waals surface area contributed by atoms with Gasteiger partial charge in [-0.15, -0.1) is 0 Å². The summed E-state index contributed by atoms with van der Waals surface area (Å²) in [4.78, 5) is 17.1. The molecule has 1 N–H and O–H groups in total. The first-order valence-electron chi connectivity index (χ1n) is 5.85. The molecular formula is C13H15N3O3. The summed E-state index contributed by atoms with van der Waals surface area (Å²) < 4.78 is 5.03. The highest BCUT2D eigenvalue weighted by Gasteiger charge is 2.12. The standard InChI is InChI=1S/C13H15N3O3/c1-9-14-12(19-15-9)8-16(2)7-10-5-3-4-6-11(10)13(17)18/h3-6H,7-8H2,1-2H3,(H,17,18). The lowest BCUT2D eigenvalue weighted by Crippen LogP contribution is -2.19. The van der Waals surface area contributed by atoms with Gasteiger partial charge in [0.2, 0.25) is 5.89 Å². The number of carbonyl (C=O) groups is 1. The van der Waals surface area contributed by atoms with Crippen LogP contribution in [-0.4, -0.2) is 33.2 Å². The van der Waals surface area contributed by atoms with Crippen LogP contribution in [0.3, 0.4) is 0 Å². The monoisotopic (exact) mass is 261 g/mol. The Bertz CT molecular complexity index is 580. The summed E-state index contributed by atoms with van der Waals surface area (Å²) in [5, 5.41) is 12.8. The van der Waals surface area contributed by atoms with Gasteiger partial charge in [0.25, 0.3) is 0 Å². The van der Waals surface area contributed by atoms with E-state index in [0.717, 1.165) is 5.56 Å². The molecule has 1 aromatic heterocycles. The summed E-state index contributed by atoms with van der Waals surface area (Å²) in [7, 11) is 1.87. The average Bonchev–Trinajstić information content (AvgIpc) is 2.75. The molecule has 0 aliphatic rings. The normalized spacial score (nSPS) is 10.9. The van der Waals surface area contributed by atoms with Crippen molar-refractivity contribution in [3.63, 3.8) is 0 Å². The highest BCUT2D eigenvalue weighted by Crippen LogP contribution is 2.12. The minimum atomic E-state index is -0.919. The number of hydrogen-bond acceptors (Lipinski definition) is 5. The molecule has 0 bridgehead atoms. The largest absolute Gasteiger partial charge is 0.478 e. The average molecular weight is 261 g/mol. The Morgan fingerprint density at radius 1 is 1.37 bits per heavy atom. The van der Waals surface area contributed by atoms with Gasteiger partial charge in [-0.05, 0) is 25.6 Å². The van der Waals surface area contributed by atoms with Crippen LogP contribution in [0.25, 0.3) is 0 Å². The number of aromatic carboxylic acids is 1. The lowest BCUT2D eigenvalue weighted by atomic mass is 10.1. The van der Waals surface area contributed by atoms with Crippen molar-refractivity contribution in [1.82, 2.24) is 15.0 Å². The molecule has 0 saturated carbocycles. The van der Waals surface area contributed by atoms with Crippen LogP contribution in [0.15, 0.2) is 28.8 Å². The maximum atomic E-state index is 11.1.